The van der Waals surface area contributed by atoms with Crippen molar-refractivity contribution in [3.8, 4) is 5.75 Å². The molecule has 1 aliphatic carbocycles. The van der Waals surface area contributed by atoms with Crippen molar-refractivity contribution >= 4 is 10.0 Å². The van der Waals surface area contributed by atoms with E-state index in [2.05, 4.69) is 4.72 Å². The molecule has 6 heteroatoms. The lowest BCUT2D eigenvalue weighted by molar-refractivity contribution is 0.294. The number of sulfonamides is 1. The molecule has 0 radical (unpaired) electrons. The quantitative estimate of drug-likeness (QED) is 0.833. The Bertz CT molecular complexity index is 637. The fourth-order valence-electron chi connectivity index (χ4n) is 3.54. The van der Waals surface area contributed by atoms with Gasteiger partial charge in [-0.15, -0.1) is 0 Å². The summed E-state index contributed by atoms with van der Waals surface area (Å²) in [5.41, 5.74) is 7.53. The zero-order valence-corrected chi connectivity index (χ0v) is 15.1. The standard InChI is InChI=1S/C17H28N2O3S/c1-12-9-13(2)17(16(10-12)22-3)23(20,21)19-15(11-18)14-7-5-4-6-8-14/h9-10,14-15,19H,4-8,11,18H2,1-3H3. The Morgan fingerprint density at radius 2 is 1.91 bits per heavy atom. The topological polar surface area (TPSA) is 81.4 Å². The molecule has 0 amide bonds. The molecular formula is C17H28N2O3S. The Morgan fingerprint density at radius 3 is 2.48 bits per heavy atom. The highest BCUT2D eigenvalue weighted by molar-refractivity contribution is 7.89. The van der Waals surface area contributed by atoms with Crippen LogP contribution >= 0.6 is 0 Å². The lowest BCUT2D eigenvalue weighted by Gasteiger charge is -2.30. The van der Waals surface area contributed by atoms with Gasteiger partial charge in [0.15, 0.2) is 0 Å². The zero-order chi connectivity index (χ0) is 17.0. The average Bonchev–Trinajstić information content (AvgIpc) is 2.52. The van der Waals surface area contributed by atoms with E-state index in [0.717, 1.165) is 31.2 Å². The molecule has 0 bridgehead atoms. The molecule has 23 heavy (non-hydrogen) atoms. The number of hydrogen-bond donors (Lipinski definition) is 2. The van der Waals surface area contributed by atoms with E-state index >= 15 is 0 Å². The van der Waals surface area contributed by atoms with Crippen molar-refractivity contribution in [2.45, 2.75) is 56.9 Å². The maximum Gasteiger partial charge on any atom is 0.244 e. The van der Waals surface area contributed by atoms with Gasteiger partial charge in [0.05, 0.1) is 7.11 Å². The Morgan fingerprint density at radius 1 is 1.26 bits per heavy atom. The molecule has 0 spiro atoms. The fraction of sp³-hybridized carbons (Fsp3) is 0.647. The predicted octanol–water partition coefficient (Wildman–Crippen LogP) is 2.50. The number of nitrogens with two attached hydrogens (primary N) is 1. The van der Waals surface area contributed by atoms with Crippen LogP contribution in [-0.4, -0.2) is 28.1 Å². The van der Waals surface area contributed by atoms with Crippen molar-refractivity contribution < 1.29 is 13.2 Å². The molecule has 0 aromatic heterocycles. The molecule has 2 rings (SSSR count). The molecule has 1 atom stereocenters. The van der Waals surface area contributed by atoms with Crippen molar-refractivity contribution in [1.82, 2.24) is 4.72 Å². The maximum absolute atomic E-state index is 12.9. The van der Waals surface area contributed by atoms with Crippen LogP contribution in [0, 0.1) is 19.8 Å². The lowest BCUT2D eigenvalue weighted by Crippen LogP contribution is -2.46. The number of methoxy groups -OCH3 is 1. The average molecular weight is 340 g/mol. The minimum atomic E-state index is -3.67. The van der Waals surface area contributed by atoms with E-state index in [4.69, 9.17) is 10.5 Å². The van der Waals surface area contributed by atoms with Crippen LogP contribution in [0.25, 0.3) is 0 Å². The second-order valence-corrected chi connectivity index (χ2v) is 8.13. The largest absolute Gasteiger partial charge is 0.495 e. The molecule has 1 unspecified atom stereocenters. The van der Waals surface area contributed by atoms with E-state index in [1.165, 1.54) is 13.5 Å². The SMILES string of the molecule is COc1cc(C)cc(C)c1S(=O)(=O)NC(CN)C1CCCCC1. The highest BCUT2D eigenvalue weighted by atomic mass is 32.2. The third-order valence-corrected chi connectivity index (χ3v) is 6.33. The van der Waals surface area contributed by atoms with Gasteiger partial charge in [-0.2, -0.15) is 0 Å². The number of aryl methyl sites for hydroxylation is 2. The molecule has 0 aliphatic heterocycles. The van der Waals surface area contributed by atoms with E-state index in [1.807, 2.05) is 13.0 Å². The van der Waals surface area contributed by atoms with E-state index in [-0.39, 0.29) is 10.9 Å². The number of rotatable bonds is 6. The Labute approximate surface area is 139 Å². The van der Waals surface area contributed by atoms with Gasteiger partial charge in [-0.05, 0) is 49.8 Å². The fourth-order valence-corrected chi connectivity index (χ4v) is 5.24. The van der Waals surface area contributed by atoms with Gasteiger partial charge in [0.2, 0.25) is 10.0 Å². The summed E-state index contributed by atoms with van der Waals surface area (Å²) >= 11 is 0. The summed E-state index contributed by atoms with van der Waals surface area (Å²) in [5.74, 6) is 0.703. The van der Waals surface area contributed by atoms with Crippen LogP contribution < -0.4 is 15.2 Å². The van der Waals surface area contributed by atoms with Crippen molar-refractivity contribution in [2.24, 2.45) is 11.7 Å². The summed E-state index contributed by atoms with van der Waals surface area (Å²) in [7, 11) is -2.17. The first-order valence-electron chi connectivity index (χ1n) is 8.26. The molecule has 1 fully saturated rings. The first-order chi connectivity index (χ1) is 10.9. The Hall–Kier alpha value is -1.11. The van der Waals surface area contributed by atoms with Gasteiger partial charge < -0.3 is 10.5 Å². The Balaban J connectivity index is 2.30. The molecule has 0 saturated heterocycles. The highest BCUT2D eigenvalue weighted by Crippen LogP contribution is 2.31. The van der Waals surface area contributed by atoms with Crippen molar-refractivity contribution in [2.75, 3.05) is 13.7 Å². The molecule has 1 aliphatic rings. The van der Waals surface area contributed by atoms with Gasteiger partial charge in [-0.25, -0.2) is 13.1 Å². The van der Waals surface area contributed by atoms with Gasteiger partial charge in [0.1, 0.15) is 10.6 Å². The van der Waals surface area contributed by atoms with Gasteiger partial charge >= 0.3 is 0 Å². The second-order valence-electron chi connectivity index (χ2n) is 6.47. The van der Waals surface area contributed by atoms with Crippen LogP contribution in [-0.2, 0) is 10.0 Å². The second kappa shape index (κ2) is 7.64. The smallest absolute Gasteiger partial charge is 0.244 e. The van der Waals surface area contributed by atoms with E-state index < -0.39 is 10.0 Å². The van der Waals surface area contributed by atoms with Crippen molar-refractivity contribution in [3.63, 3.8) is 0 Å². The van der Waals surface area contributed by atoms with Gasteiger partial charge in [0, 0.05) is 12.6 Å². The molecular weight excluding hydrogens is 312 g/mol. The summed E-state index contributed by atoms with van der Waals surface area (Å²) in [6.45, 7) is 4.03. The molecule has 0 heterocycles. The van der Waals surface area contributed by atoms with Crippen molar-refractivity contribution in [3.05, 3.63) is 23.3 Å². The highest BCUT2D eigenvalue weighted by Gasteiger charge is 2.30. The Kier molecular flexibility index (Phi) is 6.06. The molecule has 130 valence electrons. The maximum atomic E-state index is 12.9. The van der Waals surface area contributed by atoms with Crippen LogP contribution in [0.15, 0.2) is 17.0 Å². The molecule has 1 aromatic carbocycles. The van der Waals surface area contributed by atoms with Crippen LogP contribution in [0.3, 0.4) is 0 Å². The summed E-state index contributed by atoms with van der Waals surface area (Å²) in [6.07, 6.45) is 5.60. The molecule has 1 saturated carbocycles. The molecule has 3 N–H and O–H groups in total. The zero-order valence-electron chi connectivity index (χ0n) is 14.3. The van der Waals surface area contributed by atoms with Crippen LogP contribution in [0.5, 0.6) is 5.75 Å². The third-order valence-electron chi connectivity index (χ3n) is 4.65. The number of hydrogen-bond acceptors (Lipinski definition) is 4. The number of nitrogens with one attached hydrogen (secondary N) is 1. The predicted molar refractivity (Wildman–Crippen MR) is 92.2 cm³/mol. The van der Waals surface area contributed by atoms with Crippen LogP contribution in [0.1, 0.15) is 43.2 Å². The summed E-state index contributed by atoms with van der Waals surface area (Å²) in [5, 5.41) is 0. The monoisotopic (exact) mass is 340 g/mol. The van der Waals surface area contributed by atoms with Gasteiger partial charge in [-0.3, -0.25) is 0 Å². The van der Waals surface area contributed by atoms with Crippen LogP contribution in [0.4, 0.5) is 0 Å². The minimum absolute atomic E-state index is 0.217. The summed E-state index contributed by atoms with van der Waals surface area (Å²) in [4.78, 5) is 0.222. The lowest BCUT2D eigenvalue weighted by atomic mass is 9.84. The minimum Gasteiger partial charge on any atom is -0.495 e. The first kappa shape index (κ1) is 18.2. The third kappa shape index (κ3) is 4.25. The van der Waals surface area contributed by atoms with Crippen LogP contribution in [0.2, 0.25) is 0 Å². The van der Waals surface area contributed by atoms with E-state index in [9.17, 15) is 8.42 Å². The number of benzene rings is 1. The molecule has 5 nitrogen and oxygen atoms in total. The summed E-state index contributed by atoms with van der Waals surface area (Å²) < 4.78 is 34.0. The number of ether oxygens (including phenoxy) is 1. The van der Waals surface area contributed by atoms with Crippen molar-refractivity contribution in [1.29, 1.82) is 0 Å². The normalized spacial score (nSPS) is 17.9. The molecule has 1 aromatic rings. The van der Waals surface area contributed by atoms with Gasteiger partial charge in [-0.1, -0.05) is 25.3 Å². The summed E-state index contributed by atoms with van der Waals surface area (Å²) in [6, 6.07) is 3.39. The first-order valence-corrected chi connectivity index (χ1v) is 9.75. The van der Waals surface area contributed by atoms with E-state index in [0.29, 0.717) is 23.8 Å². The van der Waals surface area contributed by atoms with E-state index in [1.54, 1.807) is 13.0 Å². The van der Waals surface area contributed by atoms with Gasteiger partial charge in [0.25, 0.3) is 0 Å².